The lowest BCUT2D eigenvalue weighted by atomic mass is 10.0. The molecule has 0 atom stereocenters. The zero-order valence-electron chi connectivity index (χ0n) is 25.6. The van der Waals surface area contributed by atoms with Crippen LogP contribution in [0.4, 0.5) is 5.69 Å². The van der Waals surface area contributed by atoms with Crippen molar-refractivity contribution in [3.63, 3.8) is 0 Å². The summed E-state index contributed by atoms with van der Waals surface area (Å²) in [4.78, 5) is 28.5. The number of fused-ring (bicyclic) bond motifs is 1. The van der Waals surface area contributed by atoms with Crippen LogP contribution in [0.15, 0.2) is 82.8 Å². The average molecular weight is 661 g/mol. The number of amides is 2. The fourth-order valence-corrected chi connectivity index (χ4v) is 8.10. The monoisotopic (exact) mass is 660 g/mol. The van der Waals surface area contributed by atoms with E-state index in [1.807, 2.05) is 58.9 Å². The number of hydrogen-bond donors (Lipinski definition) is 1. The predicted octanol–water partition coefficient (Wildman–Crippen LogP) is 4.45. The summed E-state index contributed by atoms with van der Waals surface area (Å²) in [6.07, 6.45) is 3.57. The molecule has 1 fully saturated rings. The number of thioether (sulfide) groups is 1. The fraction of sp³-hybridized carbons (Fsp3) is 0.333. The molecule has 1 aromatic heterocycles. The van der Waals surface area contributed by atoms with Crippen LogP contribution in [0.1, 0.15) is 47.9 Å². The van der Waals surface area contributed by atoms with Gasteiger partial charge in [-0.15, -0.1) is 10.2 Å². The molecule has 0 saturated carbocycles. The van der Waals surface area contributed by atoms with E-state index in [1.165, 1.54) is 45.9 Å². The number of para-hydroxylation sites is 1. The van der Waals surface area contributed by atoms with Crippen LogP contribution in [-0.2, 0) is 27.8 Å². The highest BCUT2D eigenvalue weighted by Gasteiger charge is 2.27. The van der Waals surface area contributed by atoms with Crippen molar-refractivity contribution >= 4 is 39.3 Å². The predicted molar refractivity (Wildman–Crippen MR) is 176 cm³/mol. The Hall–Kier alpha value is -4.20. The number of aromatic nitrogens is 3. The number of sulfonamides is 1. The zero-order valence-corrected chi connectivity index (χ0v) is 27.2. The number of ether oxygens (including phenoxy) is 1. The van der Waals surface area contributed by atoms with Gasteiger partial charge in [0.2, 0.25) is 15.9 Å². The van der Waals surface area contributed by atoms with E-state index in [0.29, 0.717) is 42.8 Å². The smallest absolute Gasteiger partial charge is 0.251 e. The molecule has 4 aromatic rings. The van der Waals surface area contributed by atoms with Crippen LogP contribution in [-0.4, -0.2) is 71.3 Å². The molecule has 11 nitrogen and oxygen atoms in total. The topological polar surface area (TPSA) is 127 Å². The Kier molecular flexibility index (Phi) is 9.71. The quantitative estimate of drug-likeness (QED) is 0.234. The van der Waals surface area contributed by atoms with Gasteiger partial charge >= 0.3 is 0 Å². The molecule has 2 aliphatic heterocycles. The number of nitrogens with one attached hydrogen (secondary N) is 1. The molecule has 0 bridgehead atoms. The summed E-state index contributed by atoms with van der Waals surface area (Å²) in [5.74, 6) is 0.979. The Bertz CT molecular complexity index is 1800. The third-order valence-electron chi connectivity index (χ3n) is 8.07. The van der Waals surface area contributed by atoms with Crippen molar-refractivity contribution in [1.29, 1.82) is 0 Å². The van der Waals surface area contributed by atoms with E-state index in [0.717, 1.165) is 42.8 Å². The van der Waals surface area contributed by atoms with Crippen LogP contribution in [0.3, 0.4) is 0 Å². The molecule has 0 unspecified atom stereocenters. The lowest BCUT2D eigenvalue weighted by Crippen LogP contribution is -2.36. The molecule has 0 spiro atoms. The van der Waals surface area contributed by atoms with E-state index in [9.17, 15) is 18.0 Å². The second kappa shape index (κ2) is 14.1. The minimum atomic E-state index is -3.57. The van der Waals surface area contributed by atoms with Crippen LogP contribution in [0.25, 0.3) is 5.69 Å². The summed E-state index contributed by atoms with van der Waals surface area (Å²) in [6, 6.07) is 21.4. The molecular weight excluding hydrogens is 625 g/mol. The number of nitrogens with zero attached hydrogens (tertiary/aromatic N) is 5. The molecule has 3 heterocycles. The van der Waals surface area contributed by atoms with Gasteiger partial charge in [-0.2, -0.15) is 4.31 Å². The molecule has 240 valence electrons. The van der Waals surface area contributed by atoms with E-state index < -0.39 is 10.0 Å². The third kappa shape index (κ3) is 6.81. The fourth-order valence-electron chi connectivity index (χ4n) is 5.74. The highest BCUT2D eigenvalue weighted by atomic mass is 32.2. The van der Waals surface area contributed by atoms with Crippen LogP contribution in [0.2, 0.25) is 0 Å². The van der Waals surface area contributed by atoms with Gasteiger partial charge in [0, 0.05) is 36.6 Å². The van der Waals surface area contributed by atoms with Gasteiger partial charge in [-0.25, -0.2) is 8.42 Å². The van der Waals surface area contributed by atoms with E-state index in [1.54, 1.807) is 0 Å². The van der Waals surface area contributed by atoms with Crippen molar-refractivity contribution in [2.24, 2.45) is 0 Å². The van der Waals surface area contributed by atoms with Gasteiger partial charge in [0.1, 0.15) is 5.75 Å². The van der Waals surface area contributed by atoms with Crippen LogP contribution < -0.4 is 15.0 Å². The van der Waals surface area contributed by atoms with E-state index in [2.05, 4.69) is 21.6 Å². The van der Waals surface area contributed by atoms with Gasteiger partial charge in [-0.3, -0.25) is 14.2 Å². The molecule has 13 heteroatoms. The maximum atomic E-state index is 13.4. The first kappa shape index (κ1) is 31.8. The van der Waals surface area contributed by atoms with Crippen molar-refractivity contribution in [3.05, 3.63) is 89.7 Å². The van der Waals surface area contributed by atoms with Gasteiger partial charge < -0.3 is 15.0 Å². The number of aryl methyl sites for hydroxylation is 1. The molecule has 1 saturated heterocycles. The highest BCUT2D eigenvalue weighted by Crippen LogP contribution is 2.29. The summed E-state index contributed by atoms with van der Waals surface area (Å²) in [6.45, 7) is 4.21. The van der Waals surface area contributed by atoms with E-state index in [-0.39, 0.29) is 29.0 Å². The third-order valence-corrected chi connectivity index (χ3v) is 10.9. The Morgan fingerprint density at radius 3 is 2.39 bits per heavy atom. The first-order valence-electron chi connectivity index (χ1n) is 15.4. The Labute approximate surface area is 273 Å². The minimum absolute atomic E-state index is 0.0107. The first-order chi connectivity index (χ1) is 22.3. The van der Waals surface area contributed by atoms with Crippen LogP contribution in [0.5, 0.6) is 5.75 Å². The van der Waals surface area contributed by atoms with Crippen LogP contribution >= 0.6 is 11.8 Å². The summed E-state index contributed by atoms with van der Waals surface area (Å²) in [5.41, 5.74) is 3.21. The van der Waals surface area contributed by atoms with Crippen molar-refractivity contribution in [3.8, 4) is 11.4 Å². The van der Waals surface area contributed by atoms with Crippen molar-refractivity contribution < 1.29 is 22.7 Å². The van der Waals surface area contributed by atoms with Gasteiger partial charge in [0.05, 0.1) is 23.8 Å². The lowest BCUT2D eigenvalue weighted by molar-refractivity contribution is -0.116. The molecule has 3 aromatic carbocycles. The molecular formula is C33H36N6O5S2. The van der Waals surface area contributed by atoms with Crippen molar-refractivity contribution in [2.75, 3.05) is 36.9 Å². The molecule has 2 amide bonds. The maximum Gasteiger partial charge on any atom is 0.251 e. The summed E-state index contributed by atoms with van der Waals surface area (Å²) >= 11 is 1.29. The maximum absolute atomic E-state index is 13.4. The van der Waals surface area contributed by atoms with Gasteiger partial charge in [0.25, 0.3) is 5.91 Å². The van der Waals surface area contributed by atoms with Crippen molar-refractivity contribution in [1.82, 2.24) is 24.4 Å². The Morgan fingerprint density at radius 1 is 0.913 bits per heavy atom. The molecule has 1 N–H and O–H groups in total. The zero-order chi connectivity index (χ0) is 32.1. The minimum Gasteiger partial charge on any atom is -0.494 e. The second-order valence-corrected chi connectivity index (χ2v) is 13.9. The number of anilines is 1. The van der Waals surface area contributed by atoms with Gasteiger partial charge in [-0.05, 0) is 92.8 Å². The number of carbonyl (C=O) groups excluding carboxylic acids is 2. The van der Waals surface area contributed by atoms with E-state index in [4.69, 9.17) is 4.74 Å². The second-order valence-electron chi connectivity index (χ2n) is 11.0. The summed E-state index contributed by atoms with van der Waals surface area (Å²) < 4.78 is 34.7. The standard InChI is InChI=1S/C33H36N6O5S2/c1-2-44-27-15-13-26(14-16-27)39-30(22-34-32(41)25-11-17-28(18-12-25)46(42,43)37-19-5-6-20-37)35-36-33(39)45-23-31(40)38-21-7-9-24-8-3-4-10-29(24)38/h3-4,8,10-18H,2,5-7,9,19-23H2,1H3,(H,34,41). The number of rotatable bonds is 11. The normalized spacial score (nSPS) is 15.0. The number of carbonyl (C=O) groups is 2. The SMILES string of the molecule is CCOc1ccc(-n2c(CNC(=O)c3ccc(S(=O)(=O)N4CCCC4)cc3)nnc2SCC(=O)N2CCCc3ccccc32)cc1. The Morgan fingerprint density at radius 2 is 1.65 bits per heavy atom. The summed E-state index contributed by atoms with van der Waals surface area (Å²) in [7, 11) is -3.57. The highest BCUT2D eigenvalue weighted by molar-refractivity contribution is 7.99. The van der Waals surface area contributed by atoms with Gasteiger partial charge in [-0.1, -0.05) is 30.0 Å². The molecule has 2 aliphatic rings. The number of hydrogen-bond acceptors (Lipinski definition) is 8. The van der Waals surface area contributed by atoms with E-state index >= 15 is 0 Å². The van der Waals surface area contributed by atoms with Crippen molar-refractivity contribution in [2.45, 2.75) is 49.2 Å². The lowest BCUT2D eigenvalue weighted by Gasteiger charge is -2.29. The number of benzene rings is 3. The van der Waals surface area contributed by atoms with Crippen LogP contribution in [0, 0.1) is 0 Å². The molecule has 6 rings (SSSR count). The largest absolute Gasteiger partial charge is 0.494 e. The van der Waals surface area contributed by atoms with Gasteiger partial charge in [0.15, 0.2) is 11.0 Å². The molecule has 46 heavy (non-hydrogen) atoms. The molecule has 0 aliphatic carbocycles. The first-order valence-corrected chi connectivity index (χ1v) is 17.8. The molecule has 0 radical (unpaired) electrons. The summed E-state index contributed by atoms with van der Waals surface area (Å²) in [5, 5.41) is 12.2. The average Bonchev–Trinajstić information content (AvgIpc) is 3.78. The Balaban J connectivity index is 1.18.